The molecule has 1 atom stereocenters. The van der Waals surface area contributed by atoms with Gasteiger partial charge in [0.1, 0.15) is 6.33 Å². The van der Waals surface area contributed by atoms with Crippen molar-refractivity contribution in [2.45, 2.75) is 38.8 Å². The van der Waals surface area contributed by atoms with Gasteiger partial charge in [0.15, 0.2) is 5.65 Å². The summed E-state index contributed by atoms with van der Waals surface area (Å²) in [6.45, 7) is 8.01. The molecule has 1 aliphatic heterocycles. The predicted octanol–water partition coefficient (Wildman–Crippen LogP) is 3.74. The molecule has 0 spiro atoms. The smallest absolute Gasteiger partial charge is 0.337 e. The van der Waals surface area contributed by atoms with Crippen molar-refractivity contribution in [3.63, 3.8) is 0 Å². The predicted molar refractivity (Wildman–Crippen MR) is 135 cm³/mol. The summed E-state index contributed by atoms with van der Waals surface area (Å²) in [5.74, 6) is -0.0958. The van der Waals surface area contributed by atoms with Crippen LogP contribution in [0.15, 0.2) is 42.7 Å². The Balaban J connectivity index is 1.42. The van der Waals surface area contributed by atoms with Crippen LogP contribution in [0.5, 0.6) is 0 Å². The number of para-hydroxylation sites is 1. The zero-order chi connectivity index (χ0) is 24.1. The lowest BCUT2D eigenvalue weighted by molar-refractivity contribution is 0.0698. The Morgan fingerprint density at radius 3 is 2.66 bits per heavy atom. The largest absolute Gasteiger partial charge is 0.478 e. The molecule has 1 aliphatic carbocycles. The minimum Gasteiger partial charge on any atom is -0.478 e. The van der Waals surface area contributed by atoms with Crippen LogP contribution in [0.1, 0.15) is 47.3 Å². The third kappa shape index (κ3) is 3.95. The van der Waals surface area contributed by atoms with E-state index in [1.54, 1.807) is 24.5 Å². The summed E-state index contributed by atoms with van der Waals surface area (Å²) in [5.41, 5.74) is 4.58. The van der Waals surface area contributed by atoms with Gasteiger partial charge in [0.2, 0.25) is 5.95 Å². The number of nitrogens with zero attached hydrogens (tertiary/aromatic N) is 6. The molecule has 1 saturated heterocycles. The standard InChI is InChI=1S/C26H29N7O2/c1-16-13-20(17(2)28-22-6-4-3-5-19(22)25(34)35)23-21(14-16)24-30-27-15-33(24)26(29-23)32-11-9-31(10-12-32)18-7-8-18/h3-6,13-15,17-18,28H,7-12H2,1-2H3,(H,34,35). The molecule has 35 heavy (non-hydrogen) atoms. The zero-order valence-corrected chi connectivity index (χ0v) is 20.0. The summed E-state index contributed by atoms with van der Waals surface area (Å²) in [6, 6.07) is 11.8. The molecule has 2 N–H and O–H groups in total. The molecule has 3 heterocycles. The van der Waals surface area contributed by atoms with E-state index in [9.17, 15) is 9.90 Å². The van der Waals surface area contributed by atoms with E-state index in [-0.39, 0.29) is 11.6 Å². The van der Waals surface area contributed by atoms with Crippen molar-refractivity contribution in [1.29, 1.82) is 0 Å². The number of aromatic carboxylic acids is 1. The molecule has 9 nitrogen and oxygen atoms in total. The number of hydrogen-bond donors (Lipinski definition) is 2. The average molecular weight is 472 g/mol. The number of carbonyl (C=O) groups is 1. The zero-order valence-electron chi connectivity index (χ0n) is 20.0. The van der Waals surface area contributed by atoms with Crippen LogP contribution in [-0.2, 0) is 0 Å². The molecular formula is C26H29N7O2. The Bertz CT molecular complexity index is 1420. The average Bonchev–Trinajstić information content (AvgIpc) is 3.59. The Kier molecular flexibility index (Phi) is 5.29. The van der Waals surface area contributed by atoms with Crippen molar-refractivity contribution < 1.29 is 9.90 Å². The Morgan fingerprint density at radius 1 is 1.14 bits per heavy atom. The first kappa shape index (κ1) is 21.8. The van der Waals surface area contributed by atoms with E-state index in [2.05, 4.69) is 44.4 Å². The van der Waals surface area contributed by atoms with E-state index in [1.807, 2.05) is 17.4 Å². The topological polar surface area (TPSA) is 98.9 Å². The molecular weight excluding hydrogens is 442 g/mol. The summed E-state index contributed by atoms with van der Waals surface area (Å²) >= 11 is 0. The van der Waals surface area contributed by atoms with E-state index in [0.717, 1.165) is 65.8 Å². The number of fused-ring (bicyclic) bond motifs is 3. The van der Waals surface area contributed by atoms with Crippen molar-refractivity contribution in [3.8, 4) is 0 Å². The van der Waals surface area contributed by atoms with Crippen LogP contribution >= 0.6 is 0 Å². The van der Waals surface area contributed by atoms with E-state index in [4.69, 9.17) is 4.98 Å². The normalized spacial score (nSPS) is 17.7. The van der Waals surface area contributed by atoms with Gasteiger partial charge in [0.05, 0.1) is 17.1 Å². The van der Waals surface area contributed by atoms with Gasteiger partial charge in [-0.05, 0) is 50.5 Å². The maximum absolute atomic E-state index is 11.7. The second-order valence-electron chi connectivity index (χ2n) is 9.66. The van der Waals surface area contributed by atoms with Gasteiger partial charge in [-0.2, -0.15) is 0 Å². The highest BCUT2D eigenvalue weighted by molar-refractivity contribution is 5.96. The van der Waals surface area contributed by atoms with Gasteiger partial charge >= 0.3 is 5.97 Å². The number of aromatic nitrogens is 4. The molecule has 9 heteroatoms. The highest BCUT2D eigenvalue weighted by atomic mass is 16.4. The lowest BCUT2D eigenvalue weighted by Gasteiger charge is -2.35. The first-order chi connectivity index (χ1) is 17.0. The summed E-state index contributed by atoms with van der Waals surface area (Å²) in [6.07, 6.45) is 4.39. The van der Waals surface area contributed by atoms with Gasteiger partial charge in [-0.15, -0.1) is 10.2 Å². The maximum atomic E-state index is 11.7. The molecule has 180 valence electrons. The van der Waals surface area contributed by atoms with Crippen LogP contribution in [0.4, 0.5) is 11.6 Å². The fourth-order valence-electron chi connectivity index (χ4n) is 5.21. The number of nitrogens with one attached hydrogen (secondary N) is 1. The van der Waals surface area contributed by atoms with Crippen LogP contribution < -0.4 is 10.2 Å². The van der Waals surface area contributed by atoms with E-state index in [1.165, 1.54) is 12.8 Å². The summed E-state index contributed by atoms with van der Waals surface area (Å²) in [5, 5.41) is 22.6. The monoisotopic (exact) mass is 471 g/mol. The SMILES string of the molecule is Cc1cc(C(C)Nc2ccccc2C(=O)O)c2nc(N3CCN(C4CC4)CC3)n3cnnc3c2c1. The number of carboxylic acids is 1. The van der Waals surface area contributed by atoms with Gasteiger partial charge in [-0.3, -0.25) is 9.30 Å². The van der Waals surface area contributed by atoms with Gasteiger partial charge in [-0.1, -0.05) is 18.2 Å². The highest BCUT2D eigenvalue weighted by Gasteiger charge is 2.32. The van der Waals surface area contributed by atoms with Crippen molar-refractivity contribution in [3.05, 3.63) is 59.4 Å². The lowest BCUT2D eigenvalue weighted by Crippen LogP contribution is -2.48. The maximum Gasteiger partial charge on any atom is 0.337 e. The molecule has 1 unspecified atom stereocenters. The summed E-state index contributed by atoms with van der Waals surface area (Å²) in [4.78, 5) is 21.8. The molecule has 4 aromatic rings. The number of anilines is 2. The van der Waals surface area contributed by atoms with Crippen LogP contribution in [0.3, 0.4) is 0 Å². The Morgan fingerprint density at radius 2 is 1.91 bits per heavy atom. The molecule has 0 radical (unpaired) electrons. The van der Waals surface area contributed by atoms with Gasteiger partial charge < -0.3 is 15.3 Å². The van der Waals surface area contributed by atoms with Gasteiger partial charge in [0.25, 0.3) is 0 Å². The fraction of sp³-hybridized carbons (Fsp3) is 0.385. The lowest BCUT2D eigenvalue weighted by atomic mass is 10.0. The third-order valence-electron chi connectivity index (χ3n) is 7.16. The van der Waals surface area contributed by atoms with E-state index < -0.39 is 5.97 Å². The minimum atomic E-state index is -0.953. The number of piperazine rings is 1. The number of aryl methyl sites for hydroxylation is 1. The molecule has 0 amide bonds. The van der Waals surface area contributed by atoms with Crippen LogP contribution in [0.2, 0.25) is 0 Å². The van der Waals surface area contributed by atoms with Gasteiger partial charge in [0, 0.05) is 48.9 Å². The molecule has 2 aromatic carbocycles. The number of benzene rings is 2. The number of hydrogen-bond acceptors (Lipinski definition) is 7. The molecule has 0 bridgehead atoms. The molecule has 2 aromatic heterocycles. The van der Waals surface area contributed by atoms with Crippen molar-refractivity contribution in [2.24, 2.45) is 0 Å². The second kappa shape index (κ2) is 8.49. The van der Waals surface area contributed by atoms with Crippen LogP contribution in [-0.4, -0.2) is 67.8 Å². The van der Waals surface area contributed by atoms with Crippen molar-refractivity contribution in [1.82, 2.24) is 24.5 Å². The molecule has 6 rings (SSSR count). The van der Waals surface area contributed by atoms with Crippen molar-refractivity contribution >= 4 is 34.2 Å². The quantitative estimate of drug-likeness (QED) is 0.439. The minimum absolute atomic E-state index is 0.171. The van der Waals surface area contributed by atoms with Crippen LogP contribution in [0.25, 0.3) is 16.6 Å². The number of rotatable bonds is 6. The van der Waals surface area contributed by atoms with Crippen molar-refractivity contribution in [2.75, 3.05) is 36.4 Å². The second-order valence-corrected chi connectivity index (χ2v) is 9.66. The first-order valence-electron chi connectivity index (χ1n) is 12.2. The molecule has 1 saturated carbocycles. The summed E-state index contributed by atoms with van der Waals surface area (Å²) in [7, 11) is 0. The Labute approximate surface area is 203 Å². The van der Waals surface area contributed by atoms with Crippen LogP contribution in [0, 0.1) is 6.92 Å². The fourth-order valence-corrected chi connectivity index (χ4v) is 5.21. The first-order valence-corrected chi connectivity index (χ1v) is 12.2. The summed E-state index contributed by atoms with van der Waals surface area (Å²) < 4.78 is 2.00. The van der Waals surface area contributed by atoms with E-state index in [0.29, 0.717) is 5.69 Å². The Hall–Kier alpha value is -3.72. The number of carboxylic acid groups (broad SMARTS) is 1. The van der Waals surface area contributed by atoms with Gasteiger partial charge in [-0.25, -0.2) is 9.78 Å². The molecule has 2 fully saturated rings. The molecule has 2 aliphatic rings. The highest BCUT2D eigenvalue weighted by Crippen LogP contribution is 2.33. The third-order valence-corrected chi connectivity index (χ3v) is 7.16. The van der Waals surface area contributed by atoms with E-state index >= 15 is 0 Å².